The fraction of sp³-hybridized carbons (Fsp3) is 0.924. The third-order valence-corrected chi connectivity index (χ3v) is 18.5. The average molecular weight is 1200 g/mol. The van der Waals surface area contributed by atoms with Crippen LogP contribution in [0.25, 0.3) is 0 Å². The van der Waals surface area contributed by atoms with Crippen LogP contribution < -0.4 is 5.32 Å². The Bertz CT molecular complexity index is 1330. The molecule has 0 aromatic carbocycles. The third kappa shape index (κ3) is 71.3. The van der Waals surface area contributed by atoms with E-state index in [1.807, 2.05) is 0 Å². The highest BCUT2D eigenvalue weighted by molar-refractivity contribution is 5.76. The molecule has 85 heavy (non-hydrogen) atoms. The van der Waals surface area contributed by atoms with Gasteiger partial charge in [0.05, 0.1) is 25.4 Å². The summed E-state index contributed by atoms with van der Waals surface area (Å²) < 4.78 is 5.50. The van der Waals surface area contributed by atoms with Gasteiger partial charge < -0.3 is 20.3 Å². The van der Waals surface area contributed by atoms with Crippen LogP contribution in [0.5, 0.6) is 0 Å². The lowest BCUT2D eigenvalue weighted by Crippen LogP contribution is -2.45. The summed E-state index contributed by atoms with van der Waals surface area (Å²) in [5, 5.41) is 23.5. The second-order valence-electron chi connectivity index (χ2n) is 27.0. The number of aliphatic hydroxyl groups is 2. The Morgan fingerprint density at radius 1 is 0.329 bits per heavy atom. The highest BCUT2D eigenvalue weighted by atomic mass is 16.5. The van der Waals surface area contributed by atoms with E-state index in [-0.39, 0.29) is 18.5 Å². The van der Waals surface area contributed by atoms with E-state index in [1.165, 1.54) is 360 Å². The van der Waals surface area contributed by atoms with Gasteiger partial charge in [-0.15, -0.1) is 0 Å². The normalized spacial score (nSPS) is 12.6. The average Bonchev–Trinajstić information content (AvgIpc) is 3.51. The van der Waals surface area contributed by atoms with Crippen LogP contribution in [0.1, 0.15) is 444 Å². The van der Waals surface area contributed by atoms with Crippen molar-refractivity contribution in [1.29, 1.82) is 0 Å². The first kappa shape index (κ1) is 83.3. The van der Waals surface area contributed by atoms with Gasteiger partial charge in [-0.25, -0.2) is 0 Å². The highest BCUT2D eigenvalue weighted by Gasteiger charge is 2.20. The van der Waals surface area contributed by atoms with E-state index >= 15 is 0 Å². The minimum absolute atomic E-state index is 0.0107. The van der Waals surface area contributed by atoms with Crippen molar-refractivity contribution < 1.29 is 24.5 Å². The van der Waals surface area contributed by atoms with Crippen molar-refractivity contribution in [3.8, 4) is 0 Å². The molecule has 2 atom stereocenters. The van der Waals surface area contributed by atoms with E-state index in [0.29, 0.717) is 25.9 Å². The molecule has 1 amide bonds. The smallest absolute Gasteiger partial charge is 0.305 e. The number of aliphatic hydroxyl groups excluding tert-OH is 2. The maximum absolute atomic E-state index is 12.6. The lowest BCUT2D eigenvalue weighted by atomic mass is 10.0. The number of carbonyl (C=O) groups excluding carboxylic acids is 2. The molecular formula is C79H153NO5. The summed E-state index contributed by atoms with van der Waals surface area (Å²) in [6.07, 6.45) is 95.4. The van der Waals surface area contributed by atoms with Crippen molar-refractivity contribution in [2.45, 2.75) is 456 Å². The van der Waals surface area contributed by atoms with Gasteiger partial charge in [0.25, 0.3) is 0 Å². The van der Waals surface area contributed by atoms with Gasteiger partial charge >= 0.3 is 5.97 Å². The molecule has 0 aromatic heterocycles. The lowest BCUT2D eigenvalue weighted by Gasteiger charge is -2.22. The van der Waals surface area contributed by atoms with Gasteiger partial charge in [-0.05, 0) is 57.8 Å². The maximum atomic E-state index is 12.6. The Kier molecular flexibility index (Phi) is 73.3. The van der Waals surface area contributed by atoms with Gasteiger partial charge in [-0.2, -0.15) is 0 Å². The number of ether oxygens (including phenoxy) is 1. The summed E-state index contributed by atoms with van der Waals surface area (Å²) in [6, 6.07) is -0.541. The second-order valence-corrected chi connectivity index (χ2v) is 27.0. The number of nitrogens with one attached hydrogen (secondary N) is 1. The number of rotatable bonds is 74. The summed E-state index contributed by atoms with van der Waals surface area (Å²) in [6.45, 7) is 4.98. The van der Waals surface area contributed by atoms with E-state index in [2.05, 4.69) is 43.5 Å². The van der Waals surface area contributed by atoms with E-state index in [4.69, 9.17) is 4.74 Å². The Morgan fingerprint density at radius 3 is 0.918 bits per heavy atom. The molecule has 0 radical (unpaired) electrons. The number of hydrogen-bond donors (Lipinski definition) is 3. The molecule has 0 bridgehead atoms. The van der Waals surface area contributed by atoms with Crippen molar-refractivity contribution in [1.82, 2.24) is 5.32 Å². The molecule has 0 saturated carbocycles. The Hall–Kier alpha value is -1.66. The Morgan fingerprint density at radius 2 is 0.588 bits per heavy atom. The molecule has 0 aliphatic rings. The van der Waals surface area contributed by atoms with E-state index in [0.717, 1.165) is 51.4 Å². The van der Waals surface area contributed by atoms with Crippen molar-refractivity contribution >= 4 is 11.9 Å². The standard InChI is InChI=1S/C79H153NO5/c1-3-5-7-9-11-13-15-17-19-21-22-23-24-27-30-33-36-40-43-47-51-55-59-63-67-71-77(82)76(75-81)80-78(83)72-68-64-60-56-52-48-44-41-37-34-31-28-25-26-29-32-35-38-42-46-50-54-58-62-66-70-74-85-79(84)73-69-65-61-57-53-49-45-39-20-18-16-14-12-10-8-6-4-2/h12,14,18,20,76-77,81-82H,3-11,13,15-17,19,21-75H2,1-2H3,(H,80,83)/b14-12-,20-18-. The molecule has 0 aliphatic heterocycles. The minimum atomic E-state index is -0.664. The molecule has 3 N–H and O–H groups in total. The SMILES string of the molecule is CCCCC/C=C\C/C=C\CCCCCCCCCC(=O)OCCCCCCCCCCCCCCCCCCCCCCCCCCCCC(=O)NC(CO)C(O)CCCCCCCCCCCCCCCCCCCCCCCCCCC. The van der Waals surface area contributed by atoms with Crippen molar-refractivity contribution in [2.24, 2.45) is 0 Å². The summed E-state index contributed by atoms with van der Waals surface area (Å²) in [5.41, 5.74) is 0. The summed E-state index contributed by atoms with van der Waals surface area (Å²) in [7, 11) is 0. The van der Waals surface area contributed by atoms with Crippen LogP contribution in [-0.4, -0.2) is 47.4 Å². The van der Waals surface area contributed by atoms with Gasteiger partial charge in [0.15, 0.2) is 0 Å². The molecule has 0 aliphatic carbocycles. The second kappa shape index (κ2) is 74.8. The van der Waals surface area contributed by atoms with Crippen LogP contribution in [0, 0.1) is 0 Å². The Balaban J connectivity index is 3.35. The molecule has 504 valence electrons. The topological polar surface area (TPSA) is 95.9 Å². The fourth-order valence-corrected chi connectivity index (χ4v) is 12.6. The van der Waals surface area contributed by atoms with Crippen molar-refractivity contribution in [3.05, 3.63) is 24.3 Å². The third-order valence-electron chi connectivity index (χ3n) is 18.5. The number of unbranched alkanes of at least 4 members (excludes halogenated alkanes) is 59. The minimum Gasteiger partial charge on any atom is -0.466 e. The predicted molar refractivity (Wildman–Crippen MR) is 375 cm³/mol. The van der Waals surface area contributed by atoms with E-state index in [1.54, 1.807) is 0 Å². The zero-order chi connectivity index (χ0) is 61.3. The van der Waals surface area contributed by atoms with E-state index < -0.39 is 12.1 Å². The molecule has 0 heterocycles. The summed E-state index contributed by atoms with van der Waals surface area (Å²) >= 11 is 0. The number of allylic oxidation sites excluding steroid dienone is 4. The molecular weight excluding hydrogens is 1040 g/mol. The number of amides is 1. The first-order valence-electron chi connectivity index (χ1n) is 39.1. The van der Waals surface area contributed by atoms with Gasteiger partial charge in [0, 0.05) is 12.8 Å². The first-order valence-corrected chi connectivity index (χ1v) is 39.1. The van der Waals surface area contributed by atoms with Crippen molar-refractivity contribution in [2.75, 3.05) is 13.2 Å². The van der Waals surface area contributed by atoms with E-state index in [9.17, 15) is 19.8 Å². The molecule has 0 spiro atoms. The Labute approximate surface area is 532 Å². The molecule has 0 fully saturated rings. The quantitative estimate of drug-likeness (QED) is 0.0320. The summed E-state index contributed by atoms with van der Waals surface area (Å²) in [5.74, 6) is -0.0163. The molecule has 6 nitrogen and oxygen atoms in total. The van der Waals surface area contributed by atoms with Gasteiger partial charge in [-0.1, -0.05) is 398 Å². The molecule has 6 heteroatoms. The number of carbonyl (C=O) groups is 2. The van der Waals surface area contributed by atoms with Crippen LogP contribution >= 0.6 is 0 Å². The fourth-order valence-electron chi connectivity index (χ4n) is 12.6. The maximum Gasteiger partial charge on any atom is 0.305 e. The highest BCUT2D eigenvalue weighted by Crippen LogP contribution is 2.20. The number of hydrogen-bond acceptors (Lipinski definition) is 5. The molecule has 0 saturated heterocycles. The largest absolute Gasteiger partial charge is 0.466 e. The summed E-state index contributed by atoms with van der Waals surface area (Å²) in [4.78, 5) is 24.7. The molecule has 0 rings (SSSR count). The zero-order valence-corrected chi connectivity index (χ0v) is 57.9. The monoisotopic (exact) mass is 1200 g/mol. The van der Waals surface area contributed by atoms with Crippen LogP contribution in [-0.2, 0) is 14.3 Å². The van der Waals surface area contributed by atoms with Gasteiger partial charge in [0.2, 0.25) is 5.91 Å². The molecule has 0 aromatic rings. The van der Waals surface area contributed by atoms with Crippen LogP contribution in [0.15, 0.2) is 24.3 Å². The molecule has 2 unspecified atom stereocenters. The van der Waals surface area contributed by atoms with Crippen LogP contribution in [0.4, 0.5) is 0 Å². The number of esters is 1. The zero-order valence-electron chi connectivity index (χ0n) is 57.9. The lowest BCUT2D eigenvalue weighted by molar-refractivity contribution is -0.143. The first-order chi connectivity index (χ1) is 42.0. The van der Waals surface area contributed by atoms with Crippen molar-refractivity contribution in [3.63, 3.8) is 0 Å². The van der Waals surface area contributed by atoms with Crippen LogP contribution in [0.2, 0.25) is 0 Å². The predicted octanol–water partition coefficient (Wildman–Crippen LogP) is 25.7. The van der Waals surface area contributed by atoms with Gasteiger partial charge in [-0.3, -0.25) is 9.59 Å². The van der Waals surface area contributed by atoms with Gasteiger partial charge in [0.1, 0.15) is 0 Å². The van der Waals surface area contributed by atoms with Crippen LogP contribution in [0.3, 0.4) is 0 Å².